The third-order valence-electron chi connectivity index (χ3n) is 1.06. The van der Waals surface area contributed by atoms with Gasteiger partial charge in [0, 0.05) is 27.9 Å². The summed E-state index contributed by atoms with van der Waals surface area (Å²) in [6.07, 6.45) is 0.117. The van der Waals surface area contributed by atoms with E-state index >= 15 is 0 Å². The van der Waals surface area contributed by atoms with Gasteiger partial charge in [0.25, 0.3) is 11.9 Å². The molecule has 0 aliphatic heterocycles. The normalized spacial score (nSPS) is 10.4. The van der Waals surface area contributed by atoms with Crippen molar-refractivity contribution in [1.29, 1.82) is 0 Å². The molecule has 0 aliphatic rings. The summed E-state index contributed by atoms with van der Waals surface area (Å²) < 4.78 is 9.63. The lowest BCUT2D eigenvalue weighted by atomic mass is 10.9. The van der Waals surface area contributed by atoms with Crippen molar-refractivity contribution in [2.24, 2.45) is 0 Å². The van der Waals surface area contributed by atoms with Crippen LogP contribution in [0.4, 0.5) is 0 Å². The second kappa shape index (κ2) is 6.52. The zero-order chi connectivity index (χ0) is 11.1. The summed E-state index contributed by atoms with van der Waals surface area (Å²) in [6.45, 7) is 2.53. The smallest absolute Gasteiger partial charge is 0.477 e. The highest BCUT2D eigenvalue weighted by Gasteiger charge is 2.21. The second-order valence-electron chi connectivity index (χ2n) is 2.76. The van der Waals surface area contributed by atoms with Crippen molar-refractivity contribution in [3.8, 4) is 0 Å². The number of rotatable bonds is 5. The summed E-state index contributed by atoms with van der Waals surface area (Å²) in [5.41, 5.74) is 0. The van der Waals surface area contributed by atoms with Crippen molar-refractivity contribution in [2.75, 3.05) is 20.3 Å². The number of hydrogen-bond donors (Lipinski definition) is 0. The van der Waals surface area contributed by atoms with E-state index < -0.39 is 21.2 Å². The molecule has 0 saturated carbocycles. The van der Waals surface area contributed by atoms with Gasteiger partial charge in [-0.05, 0) is 0 Å². The lowest BCUT2D eigenvalue weighted by Crippen LogP contribution is -2.35. The summed E-state index contributed by atoms with van der Waals surface area (Å²) in [4.78, 5) is 26.3. The summed E-state index contributed by atoms with van der Waals surface area (Å²) in [5, 5.41) is 1.45. The fourth-order valence-corrected chi connectivity index (χ4v) is 2.02. The van der Waals surface area contributed by atoms with Crippen LogP contribution < -0.4 is 0 Å². The second-order valence-corrected chi connectivity index (χ2v) is 4.42. The molecule has 0 atom stereocenters. The molecule has 82 valence electrons. The first-order chi connectivity index (χ1) is 6.41. The molecule has 0 fully saturated rings. The minimum Gasteiger partial charge on any atom is -0.486 e. The molecular formula is C7H15NO5Si. The summed E-state index contributed by atoms with van der Waals surface area (Å²) in [7, 11) is 1.01. The maximum absolute atomic E-state index is 10.6. The highest BCUT2D eigenvalue weighted by Crippen LogP contribution is 1.94. The minimum absolute atomic E-state index is 0.117. The number of hydroxylamine groups is 2. The van der Waals surface area contributed by atoms with E-state index in [-0.39, 0.29) is 6.23 Å². The Hall–Kier alpha value is -0.923. The quantitative estimate of drug-likeness (QED) is 0.455. The Morgan fingerprint density at radius 2 is 1.57 bits per heavy atom. The molecule has 0 aromatic carbocycles. The zero-order valence-electron chi connectivity index (χ0n) is 8.77. The molecule has 0 N–H and O–H groups in total. The van der Waals surface area contributed by atoms with E-state index in [0.717, 1.165) is 0 Å². The van der Waals surface area contributed by atoms with Crippen molar-refractivity contribution >= 4 is 21.2 Å². The van der Waals surface area contributed by atoms with E-state index in [1.54, 1.807) is 14.1 Å². The highest BCUT2D eigenvalue weighted by molar-refractivity contribution is 6.48. The van der Waals surface area contributed by atoms with Crippen LogP contribution >= 0.6 is 0 Å². The van der Waals surface area contributed by atoms with Gasteiger partial charge in [-0.25, -0.2) is 0 Å². The molecule has 0 heterocycles. The molecule has 7 heteroatoms. The van der Waals surface area contributed by atoms with Crippen molar-refractivity contribution in [3.63, 3.8) is 0 Å². The van der Waals surface area contributed by atoms with Crippen LogP contribution in [0.25, 0.3) is 0 Å². The van der Waals surface area contributed by atoms with Crippen molar-refractivity contribution < 1.29 is 23.3 Å². The Bertz CT molecular complexity index is 192. The van der Waals surface area contributed by atoms with Gasteiger partial charge in [0.15, 0.2) is 0 Å². The molecule has 0 saturated heterocycles. The van der Waals surface area contributed by atoms with Crippen LogP contribution in [0.2, 0.25) is 0 Å². The average Bonchev–Trinajstić information content (AvgIpc) is 1.97. The zero-order valence-corrected chi connectivity index (χ0v) is 9.93. The van der Waals surface area contributed by atoms with Gasteiger partial charge in [-0.3, -0.25) is 14.4 Å². The average molecular weight is 221 g/mol. The van der Waals surface area contributed by atoms with E-state index in [1.165, 1.54) is 18.9 Å². The number of carbonyl (C=O) groups is 2. The van der Waals surface area contributed by atoms with E-state index in [2.05, 4.69) is 0 Å². The van der Waals surface area contributed by atoms with E-state index in [0.29, 0.717) is 0 Å². The molecule has 14 heavy (non-hydrogen) atoms. The first-order valence-electron chi connectivity index (χ1n) is 4.06. The van der Waals surface area contributed by atoms with Gasteiger partial charge in [-0.1, -0.05) is 0 Å². The third-order valence-corrected chi connectivity index (χ3v) is 2.67. The van der Waals surface area contributed by atoms with Gasteiger partial charge in [0.2, 0.25) is 0 Å². The Morgan fingerprint density at radius 3 is 1.86 bits per heavy atom. The van der Waals surface area contributed by atoms with Gasteiger partial charge in [-0.2, -0.15) is 5.06 Å². The minimum atomic E-state index is -2.37. The maximum Gasteiger partial charge on any atom is 0.477 e. The van der Waals surface area contributed by atoms with E-state index in [1.807, 2.05) is 0 Å². The Morgan fingerprint density at radius 1 is 1.14 bits per heavy atom. The Labute approximate surface area is 84.5 Å². The number of hydrogen-bond acceptors (Lipinski definition) is 6. The number of nitrogens with zero attached hydrogens (tertiary/aromatic N) is 1. The first kappa shape index (κ1) is 13.1. The fourth-order valence-electron chi connectivity index (χ4n) is 0.672. The molecular weight excluding hydrogens is 206 g/mol. The lowest BCUT2D eigenvalue weighted by molar-refractivity contribution is -0.142. The molecule has 0 rings (SSSR count). The fraction of sp³-hybridized carbons (Fsp3) is 0.714. The van der Waals surface area contributed by atoms with Gasteiger partial charge < -0.3 is 8.85 Å². The largest absolute Gasteiger partial charge is 0.486 e. The molecule has 0 amide bonds. The predicted molar refractivity (Wildman–Crippen MR) is 50.3 cm³/mol. The molecule has 0 aromatic rings. The molecule has 0 unspecified atom stereocenters. The molecule has 0 bridgehead atoms. The number of carbonyl (C=O) groups excluding carboxylic acids is 2. The van der Waals surface area contributed by atoms with Crippen LogP contribution in [0, 0.1) is 0 Å². The highest BCUT2D eigenvalue weighted by atomic mass is 28.3. The van der Waals surface area contributed by atoms with Gasteiger partial charge >= 0.3 is 9.28 Å². The first-order valence-corrected chi connectivity index (χ1v) is 5.82. The van der Waals surface area contributed by atoms with Crippen LogP contribution in [-0.4, -0.2) is 46.6 Å². The predicted octanol–water partition coefficient (Wildman–Crippen LogP) is -0.635. The third kappa shape index (κ3) is 7.71. The van der Waals surface area contributed by atoms with Crippen LogP contribution in [0.5, 0.6) is 0 Å². The van der Waals surface area contributed by atoms with Gasteiger partial charge in [-0.15, -0.1) is 0 Å². The van der Waals surface area contributed by atoms with Gasteiger partial charge in [0.1, 0.15) is 6.23 Å². The van der Waals surface area contributed by atoms with E-state index in [9.17, 15) is 9.59 Å². The monoisotopic (exact) mass is 221 g/mol. The van der Waals surface area contributed by atoms with Gasteiger partial charge in [0.05, 0.1) is 0 Å². The Kier molecular flexibility index (Phi) is 6.09. The lowest BCUT2D eigenvalue weighted by Gasteiger charge is -2.16. The summed E-state index contributed by atoms with van der Waals surface area (Å²) >= 11 is 0. The Balaban J connectivity index is 3.96. The molecule has 6 nitrogen and oxygen atoms in total. The van der Waals surface area contributed by atoms with Crippen molar-refractivity contribution in [1.82, 2.24) is 5.06 Å². The molecule has 0 aromatic heterocycles. The molecule has 0 spiro atoms. The SMILES string of the molecule is CC(=O)O[SiH](CON(C)C)OC(C)=O. The summed E-state index contributed by atoms with van der Waals surface area (Å²) in [5.74, 6) is -0.935. The van der Waals surface area contributed by atoms with E-state index in [4.69, 9.17) is 13.7 Å². The van der Waals surface area contributed by atoms with Crippen molar-refractivity contribution in [3.05, 3.63) is 0 Å². The van der Waals surface area contributed by atoms with Crippen molar-refractivity contribution in [2.45, 2.75) is 13.8 Å². The molecule has 0 radical (unpaired) electrons. The van der Waals surface area contributed by atoms with Crippen LogP contribution in [0.3, 0.4) is 0 Å². The topological polar surface area (TPSA) is 65.1 Å². The van der Waals surface area contributed by atoms with Crippen LogP contribution in [0.15, 0.2) is 0 Å². The summed E-state index contributed by atoms with van der Waals surface area (Å²) in [6, 6.07) is 0. The maximum atomic E-state index is 10.6. The van der Waals surface area contributed by atoms with Crippen LogP contribution in [0.1, 0.15) is 13.8 Å². The standard InChI is InChI=1S/C7H15NO5Si/c1-6(9)12-14(13-7(2)10)5-11-8(3)4/h14H,5H2,1-4H3. The van der Waals surface area contributed by atoms with Crippen LogP contribution in [-0.2, 0) is 23.3 Å². The molecule has 0 aliphatic carbocycles.